The van der Waals surface area contributed by atoms with Crippen LogP contribution in [0.3, 0.4) is 0 Å². The van der Waals surface area contributed by atoms with Crippen LogP contribution in [0, 0.1) is 0 Å². The Kier molecular flexibility index (Phi) is 6.48. The van der Waals surface area contributed by atoms with E-state index < -0.39 is 5.60 Å². The van der Waals surface area contributed by atoms with Crippen LogP contribution in [0.2, 0.25) is 0 Å². The number of carbonyl (C=O) groups excluding carboxylic acids is 1. The second kappa shape index (κ2) is 9.77. The molecule has 5 rings (SSSR count). The maximum absolute atomic E-state index is 12.7. The van der Waals surface area contributed by atoms with Gasteiger partial charge in [0, 0.05) is 54.8 Å². The van der Waals surface area contributed by atoms with Crippen LogP contribution in [0.4, 0.5) is 22.2 Å². The molecule has 4 heterocycles. The van der Waals surface area contributed by atoms with E-state index in [1.54, 1.807) is 29.1 Å². The number of amides is 1. The highest BCUT2D eigenvalue weighted by Crippen LogP contribution is 2.38. The normalized spacial score (nSPS) is 14.8. The summed E-state index contributed by atoms with van der Waals surface area (Å²) in [6.45, 7) is 8.16. The summed E-state index contributed by atoms with van der Waals surface area (Å²) < 4.78 is 13.0. The van der Waals surface area contributed by atoms with E-state index in [4.69, 9.17) is 14.5 Å². The highest BCUT2D eigenvalue weighted by Gasteiger charge is 2.34. The van der Waals surface area contributed by atoms with Crippen molar-refractivity contribution >= 4 is 23.5 Å². The number of methoxy groups -OCH3 is 1. The summed E-state index contributed by atoms with van der Waals surface area (Å²) in [6, 6.07) is 9.75. The highest BCUT2D eigenvalue weighted by atomic mass is 16.6. The number of hydrogen-bond donors (Lipinski definition) is 1. The largest absolute Gasteiger partial charge is 0.495 e. The van der Waals surface area contributed by atoms with E-state index >= 15 is 0 Å². The van der Waals surface area contributed by atoms with Crippen molar-refractivity contribution in [1.82, 2.24) is 24.7 Å². The van der Waals surface area contributed by atoms with Gasteiger partial charge in [0.25, 0.3) is 0 Å². The lowest BCUT2D eigenvalue weighted by Crippen LogP contribution is -2.36. The molecule has 10 heteroatoms. The van der Waals surface area contributed by atoms with Gasteiger partial charge in [-0.1, -0.05) is 13.0 Å². The molecule has 0 saturated heterocycles. The third kappa shape index (κ3) is 5.15. The number of fused-ring (bicyclic) bond motifs is 1. The minimum atomic E-state index is -0.574. The molecule has 0 radical (unpaired) electrons. The van der Waals surface area contributed by atoms with Crippen molar-refractivity contribution in [2.45, 2.75) is 39.2 Å². The van der Waals surface area contributed by atoms with Crippen molar-refractivity contribution in [1.29, 1.82) is 0 Å². The second-order valence-electron chi connectivity index (χ2n) is 10.3. The summed E-state index contributed by atoms with van der Waals surface area (Å²) >= 11 is 0. The Bertz CT molecular complexity index is 1490. The van der Waals surface area contributed by atoms with Gasteiger partial charge in [-0.15, -0.1) is 0 Å². The van der Waals surface area contributed by atoms with E-state index in [-0.39, 0.29) is 12.0 Å². The molecule has 196 valence electrons. The van der Waals surface area contributed by atoms with Crippen LogP contribution in [0.25, 0.3) is 22.4 Å². The van der Waals surface area contributed by atoms with E-state index in [0.29, 0.717) is 29.8 Å². The van der Waals surface area contributed by atoms with Crippen molar-refractivity contribution in [3.8, 4) is 28.1 Å². The van der Waals surface area contributed by atoms with Gasteiger partial charge in [-0.3, -0.25) is 9.58 Å². The Morgan fingerprint density at radius 1 is 1.08 bits per heavy atom. The first-order valence-electron chi connectivity index (χ1n) is 12.4. The molecule has 1 N–H and O–H groups in total. The van der Waals surface area contributed by atoms with Crippen molar-refractivity contribution < 1.29 is 14.3 Å². The number of anilines is 3. The first kappa shape index (κ1) is 25.2. The summed E-state index contributed by atoms with van der Waals surface area (Å²) in [5.41, 5.74) is 4.70. The number of rotatable bonds is 5. The van der Waals surface area contributed by atoms with Crippen LogP contribution in [0.15, 0.2) is 55.1 Å². The molecular formula is C28H31N7O3. The van der Waals surface area contributed by atoms with Crippen molar-refractivity contribution in [2.24, 2.45) is 7.05 Å². The maximum atomic E-state index is 12.7. The van der Waals surface area contributed by atoms with E-state index in [0.717, 1.165) is 27.9 Å². The number of carbonyl (C=O) groups is 1. The number of aromatic nitrogens is 5. The van der Waals surface area contributed by atoms with Crippen LogP contribution in [-0.4, -0.2) is 50.1 Å². The minimum absolute atomic E-state index is 0.118. The molecular weight excluding hydrogens is 482 g/mol. The average Bonchev–Trinajstić information content (AvgIpc) is 3.46. The molecule has 10 nitrogen and oxygen atoms in total. The lowest BCUT2D eigenvalue weighted by atomic mass is 10.0. The Morgan fingerprint density at radius 3 is 2.61 bits per heavy atom. The molecule has 0 saturated carbocycles. The zero-order valence-corrected chi connectivity index (χ0v) is 22.4. The molecule has 1 unspecified atom stereocenters. The molecule has 38 heavy (non-hydrogen) atoms. The van der Waals surface area contributed by atoms with Gasteiger partial charge in [-0.05, 0) is 50.6 Å². The number of ether oxygens (including phenoxy) is 2. The number of nitrogens with zero attached hydrogens (tertiary/aromatic N) is 6. The standard InChI is InChI=1S/C28H31N7O3/c1-17-15-35(27(36)38-28(2,3)4)25-21(17)11-19(13-30-25)22-9-10-29-26(32-22)33-23-8-7-18(12-24(23)37-6)20-14-31-34(5)16-20/h7-14,16-17H,15H2,1-6H3,(H,29,32,33). The molecule has 0 spiro atoms. The van der Waals surface area contributed by atoms with Gasteiger partial charge in [0.15, 0.2) is 0 Å². The van der Waals surface area contributed by atoms with Gasteiger partial charge in [0.05, 0.1) is 24.7 Å². The van der Waals surface area contributed by atoms with E-state index in [1.807, 2.05) is 70.5 Å². The SMILES string of the molecule is COc1cc(-c2cnn(C)c2)ccc1Nc1nccc(-c2cnc3c(c2)C(C)CN3C(=O)OC(C)(C)C)n1. The third-order valence-corrected chi connectivity index (χ3v) is 6.19. The van der Waals surface area contributed by atoms with Gasteiger partial charge >= 0.3 is 6.09 Å². The smallest absolute Gasteiger partial charge is 0.416 e. The fourth-order valence-corrected chi connectivity index (χ4v) is 4.38. The first-order chi connectivity index (χ1) is 18.1. The highest BCUT2D eigenvalue weighted by molar-refractivity contribution is 5.90. The summed E-state index contributed by atoms with van der Waals surface area (Å²) in [4.78, 5) is 28.0. The fourth-order valence-electron chi connectivity index (χ4n) is 4.38. The summed E-state index contributed by atoms with van der Waals surface area (Å²) in [5.74, 6) is 1.84. The molecule has 1 amide bonds. The number of pyridine rings is 1. The predicted molar refractivity (Wildman–Crippen MR) is 146 cm³/mol. The van der Waals surface area contributed by atoms with E-state index in [9.17, 15) is 4.79 Å². The average molecular weight is 514 g/mol. The molecule has 0 fully saturated rings. The molecule has 1 aromatic carbocycles. The Morgan fingerprint density at radius 2 is 1.89 bits per heavy atom. The molecule has 1 aliphatic rings. The number of benzene rings is 1. The van der Waals surface area contributed by atoms with Crippen molar-refractivity contribution in [3.63, 3.8) is 0 Å². The van der Waals surface area contributed by atoms with Gasteiger partial charge < -0.3 is 14.8 Å². The zero-order chi connectivity index (χ0) is 27.0. The lowest BCUT2D eigenvalue weighted by molar-refractivity contribution is 0.0581. The van der Waals surface area contributed by atoms with Gasteiger partial charge in [0.1, 0.15) is 17.2 Å². The molecule has 1 atom stereocenters. The zero-order valence-electron chi connectivity index (χ0n) is 22.4. The monoisotopic (exact) mass is 513 g/mol. The second-order valence-corrected chi connectivity index (χ2v) is 10.3. The molecule has 4 aromatic rings. The first-order valence-corrected chi connectivity index (χ1v) is 12.4. The summed E-state index contributed by atoms with van der Waals surface area (Å²) in [7, 11) is 3.51. The molecule has 0 bridgehead atoms. The maximum Gasteiger partial charge on any atom is 0.416 e. The van der Waals surface area contributed by atoms with Gasteiger partial charge in [-0.25, -0.2) is 19.7 Å². The fraction of sp³-hybridized carbons (Fsp3) is 0.321. The molecule has 3 aromatic heterocycles. The van der Waals surface area contributed by atoms with Crippen LogP contribution >= 0.6 is 0 Å². The van der Waals surface area contributed by atoms with E-state index in [1.165, 1.54) is 0 Å². The quantitative estimate of drug-likeness (QED) is 0.370. The van der Waals surface area contributed by atoms with Crippen LogP contribution in [0.5, 0.6) is 5.75 Å². The van der Waals surface area contributed by atoms with Crippen molar-refractivity contribution in [2.75, 3.05) is 23.9 Å². The predicted octanol–water partition coefficient (Wildman–Crippen LogP) is 5.55. The van der Waals surface area contributed by atoms with Crippen LogP contribution < -0.4 is 15.0 Å². The van der Waals surface area contributed by atoms with E-state index in [2.05, 4.69) is 27.3 Å². The van der Waals surface area contributed by atoms with Gasteiger partial charge in [-0.2, -0.15) is 5.10 Å². The summed E-state index contributed by atoms with van der Waals surface area (Å²) in [5, 5.41) is 7.50. The Labute approximate surface area is 221 Å². The molecule has 0 aliphatic carbocycles. The number of hydrogen-bond acceptors (Lipinski definition) is 8. The lowest BCUT2D eigenvalue weighted by Gasteiger charge is -2.24. The van der Waals surface area contributed by atoms with Crippen LogP contribution in [0.1, 0.15) is 39.2 Å². The Balaban J connectivity index is 1.39. The third-order valence-electron chi connectivity index (χ3n) is 6.19. The van der Waals surface area contributed by atoms with Crippen molar-refractivity contribution in [3.05, 3.63) is 60.7 Å². The number of aryl methyl sites for hydroxylation is 1. The number of nitrogens with one attached hydrogen (secondary N) is 1. The van der Waals surface area contributed by atoms with Gasteiger partial charge in [0.2, 0.25) is 5.95 Å². The minimum Gasteiger partial charge on any atom is -0.495 e. The molecule has 1 aliphatic heterocycles. The summed E-state index contributed by atoms with van der Waals surface area (Å²) in [6.07, 6.45) is 6.80. The van der Waals surface area contributed by atoms with Crippen LogP contribution in [-0.2, 0) is 11.8 Å². The topological polar surface area (TPSA) is 107 Å². The Hall–Kier alpha value is -4.47.